The van der Waals surface area contributed by atoms with E-state index in [1.807, 2.05) is 4.90 Å². The van der Waals surface area contributed by atoms with Crippen molar-refractivity contribution in [1.29, 1.82) is 0 Å². The second-order valence-electron chi connectivity index (χ2n) is 4.71. The quantitative estimate of drug-likeness (QED) is 0.626. The third-order valence-electron chi connectivity index (χ3n) is 3.52. The van der Waals surface area contributed by atoms with Gasteiger partial charge in [-0.1, -0.05) is 0 Å². The van der Waals surface area contributed by atoms with Crippen LogP contribution in [0.4, 0.5) is 0 Å². The highest BCUT2D eigenvalue weighted by Gasteiger charge is 2.19. The molecule has 2 aliphatic rings. The van der Waals surface area contributed by atoms with Gasteiger partial charge < -0.3 is 10.2 Å². The van der Waals surface area contributed by atoms with Gasteiger partial charge >= 0.3 is 0 Å². The highest BCUT2D eigenvalue weighted by Crippen LogP contribution is 2.13. The van der Waals surface area contributed by atoms with Gasteiger partial charge in [-0.2, -0.15) is 11.8 Å². The highest BCUT2D eigenvalue weighted by molar-refractivity contribution is 7.99. The van der Waals surface area contributed by atoms with E-state index in [1.54, 1.807) is 0 Å². The minimum Gasteiger partial charge on any atom is -0.338 e. The molecule has 0 amide bonds. The average molecular weight is 216 g/mol. The van der Waals surface area contributed by atoms with Gasteiger partial charge in [0.25, 0.3) is 0 Å². The molecule has 3 N–H and O–H groups in total. The van der Waals surface area contributed by atoms with Gasteiger partial charge in [-0.15, -0.1) is 0 Å². The zero-order valence-corrected chi connectivity index (χ0v) is 9.95. The molecule has 2 rings (SSSR count). The van der Waals surface area contributed by atoms with Gasteiger partial charge in [0.2, 0.25) is 0 Å². The summed E-state index contributed by atoms with van der Waals surface area (Å²) in [6.45, 7) is 5.64. The molecule has 2 saturated heterocycles. The second-order valence-corrected chi connectivity index (χ2v) is 5.86. The Morgan fingerprint density at radius 3 is 2.79 bits per heavy atom. The molecule has 0 aromatic rings. The average Bonchev–Trinajstić information content (AvgIpc) is 2.72. The number of nitrogens with one attached hydrogen (secondary N) is 1. The Balaban J connectivity index is 1.52. The third-order valence-corrected chi connectivity index (χ3v) is 4.71. The van der Waals surface area contributed by atoms with Gasteiger partial charge in [0.15, 0.2) is 0 Å². The van der Waals surface area contributed by atoms with Crippen molar-refractivity contribution in [2.24, 2.45) is 0 Å². The molecule has 0 bridgehead atoms. The molecule has 3 heteroatoms. The van der Waals surface area contributed by atoms with Crippen LogP contribution in [0.15, 0.2) is 0 Å². The van der Waals surface area contributed by atoms with E-state index in [4.69, 9.17) is 0 Å². The van der Waals surface area contributed by atoms with E-state index in [9.17, 15) is 0 Å². The van der Waals surface area contributed by atoms with Crippen LogP contribution < -0.4 is 10.2 Å². The van der Waals surface area contributed by atoms with E-state index in [1.165, 1.54) is 63.4 Å². The second kappa shape index (κ2) is 5.99. The van der Waals surface area contributed by atoms with Gasteiger partial charge in [-0.25, -0.2) is 0 Å². The van der Waals surface area contributed by atoms with Crippen LogP contribution in [-0.4, -0.2) is 43.7 Å². The maximum absolute atomic E-state index is 2.60. The first-order chi connectivity index (χ1) is 6.95. The molecule has 2 aliphatic heterocycles. The lowest BCUT2D eigenvalue weighted by Crippen LogP contribution is -3.15. The van der Waals surface area contributed by atoms with Crippen molar-refractivity contribution < 1.29 is 10.2 Å². The van der Waals surface area contributed by atoms with Gasteiger partial charge in [-0.05, 0) is 25.0 Å². The molecule has 82 valence electrons. The van der Waals surface area contributed by atoms with E-state index >= 15 is 0 Å². The van der Waals surface area contributed by atoms with E-state index in [2.05, 4.69) is 17.1 Å². The zero-order valence-electron chi connectivity index (χ0n) is 9.13. The standard InChI is InChI=1S/C11H22N2S/c1-2-6-13(7-3-1)8-5-12-11-4-9-14-10-11/h11-12H,1-10H2/p+2/t11-/m1/s1. The largest absolute Gasteiger partial charge is 0.338 e. The van der Waals surface area contributed by atoms with E-state index in [-0.39, 0.29) is 0 Å². The molecule has 0 spiro atoms. The molecular weight excluding hydrogens is 192 g/mol. The first kappa shape index (κ1) is 10.8. The predicted octanol–water partition coefficient (Wildman–Crippen LogP) is -0.876. The lowest BCUT2D eigenvalue weighted by atomic mass is 10.1. The Kier molecular flexibility index (Phi) is 4.61. The Labute approximate surface area is 91.8 Å². The molecule has 0 aliphatic carbocycles. The molecular formula is C11H24N2S+2. The molecule has 0 aromatic carbocycles. The Bertz CT molecular complexity index is 151. The third kappa shape index (κ3) is 3.44. The number of piperidine rings is 1. The molecule has 2 heterocycles. The van der Waals surface area contributed by atoms with Crippen LogP contribution in [0.5, 0.6) is 0 Å². The lowest BCUT2D eigenvalue weighted by Gasteiger charge is -2.23. The van der Waals surface area contributed by atoms with Crippen molar-refractivity contribution in [1.82, 2.24) is 0 Å². The van der Waals surface area contributed by atoms with Crippen molar-refractivity contribution >= 4 is 11.8 Å². The van der Waals surface area contributed by atoms with Crippen LogP contribution in [0.2, 0.25) is 0 Å². The smallest absolute Gasteiger partial charge is 0.127 e. The number of hydrogen-bond acceptors (Lipinski definition) is 1. The summed E-state index contributed by atoms with van der Waals surface area (Å²) in [6, 6.07) is 0.948. The fraction of sp³-hybridized carbons (Fsp3) is 1.00. The van der Waals surface area contributed by atoms with Crippen LogP contribution in [0, 0.1) is 0 Å². The predicted molar refractivity (Wildman–Crippen MR) is 61.9 cm³/mol. The fourth-order valence-electron chi connectivity index (χ4n) is 2.56. The van der Waals surface area contributed by atoms with E-state index in [0.29, 0.717) is 0 Å². The fourth-order valence-corrected chi connectivity index (χ4v) is 3.81. The molecule has 0 radical (unpaired) electrons. The molecule has 2 nitrogen and oxygen atoms in total. The summed E-state index contributed by atoms with van der Waals surface area (Å²) < 4.78 is 0. The van der Waals surface area contributed by atoms with Crippen LogP contribution in [0.3, 0.4) is 0 Å². The molecule has 2 fully saturated rings. The van der Waals surface area contributed by atoms with Crippen molar-refractivity contribution in [2.45, 2.75) is 31.7 Å². The van der Waals surface area contributed by atoms with E-state index < -0.39 is 0 Å². The van der Waals surface area contributed by atoms with Gasteiger partial charge in [-0.3, -0.25) is 0 Å². The minimum absolute atomic E-state index is 0.948. The summed E-state index contributed by atoms with van der Waals surface area (Å²) in [6.07, 6.45) is 5.86. The van der Waals surface area contributed by atoms with Crippen molar-refractivity contribution in [3.05, 3.63) is 0 Å². The number of likely N-dealkylation sites (tertiary alicyclic amines) is 1. The number of rotatable bonds is 4. The number of thioether (sulfide) groups is 1. The number of hydrogen-bond donors (Lipinski definition) is 2. The van der Waals surface area contributed by atoms with Crippen LogP contribution in [0.1, 0.15) is 25.7 Å². The first-order valence-electron chi connectivity index (χ1n) is 6.20. The van der Waals surface area contributed by atoms with Crippen LogP contribution >= 0.6 is 11.8 Å². The Morgan fingerprint density at radius 2 is 2.07 bits per heavy atom. The van der Waals surface area contributed by atoms with Crippen LogP contribution in [-0.2, 0) is 0 Å². The summed E-state index contributed by atoms with van der Waals surface area (Å²) in [5, 5.41) is 2.60. The maximum Gasteiger partial charge on any atom is 0.127 e. The number of quaternary nitrogens is 2. The van der Waals surface area contributed by atoms with Crippen molar-refractivity contribution in [3.63, 3.8) is 0 Å². The molecule has 0 saturated carbocycles. The summed E-state index contributed by atoms with van der Waals surface area (Å²) in [5.74, 6) is 2.80. The molecule has 1 atom stereocenters. The lowest BCUT2D eigenvalue weighted by molar-refractivity contribution is -0.918. The molecule has 0 aromatic heterocycles. The van der Waals surface area contributed by atoms with Crippen molar-refractivity contribution in [2.75, 3.05) is 37.7 Å². The van der Waals surface area contributed by atoms with Crippen molar-refractivity contribution in [3.8, 4) is 0 Å². The summed E-state index contributed by atoms with van der Waals surface area (Å²) >= 11 is 2.13. The number of nitrogens with two attached hydrogens (primary N) is 1. The SMILES string of the molecule is C1CC[NH+](CC[NH2+][C@@H]2CCSC2)CC1. The normalized spacial score (nSPS) is 29.6. The van der Waals surface area contributed by atoms with Crippen LogP contribution in [0.25, 0.3) is 0 Å². The first-order valence-corrected chi connectivity index (χ1v) is 7.35. The minimum atomic E-state index is 0.948. The highest BCUT2D eigenvalue weighted by atomic mass is 32.2. The van der Waals surface area contributed by atoms with Gasteiger partial charge in [0.1, 0.15) is 13.1 Å². The van der Waals surface area contributed by atoms with Gasteiger partial charge in [0, 0.05) is 12.2 Å². The van der Waals surface area contributed by atoms with Gasteiger partial charge in [0.05, 0.1) is 19.1 Å². The van der Waals surface area contributed by atoms with E-state index in [0.717, 1.165) is 6.04 Å². The topological polar surface area (TPSA) is 21.1 Å². The Morgan fingerprint density at radius 1 is 1.21 bits per heavy atom. The summed E-state index contributed by atoms with van der Waals surface area (Å²) in [4.78, 5) is 1.86. The molecule has 0 unspecified atom stereocenters. The maximum atomic E-state index is 2.60. The monoisotopic (exact) mass is 216 g/mol. The Hall–Kier alpha value is 0.270. The summed E-state index contributed by atoms with van der Waals surface area (Å²) in [7, 11) is 0. The summed E-state index contributed by atoms with van der Waals surface area (Å²) in [5.41, 5.74) is 0. The molecule has 14 heavy (non-hydrogen) atoms. The zero-order chi connectivity index (χ0) is 9.64.